The van der Waals surface area contributed by atoms with Gasteiger partial charge < -0.3 is 28.7 Å². The number of nitrogens with one attached hydrogen (secondary N) is 2. The number of esters is 1. The zero-order valence-electron chi connectivity index (χ0n) is 21.0. The summed E-state index contributed by atoms with van der Waals surface area (Å²) in [5, 5.41) is 24.8. The van der Waals surface area contributed by atoms with E-state index >= 15 is 0 Å². The van der Waals surface area contributed by atoms with Crippen LogP contribution in [0.2, 0.25) is 0 Å². The quantitative estimate of drug-likeness (QED) is 0.173. The normalized spacial score (nSPS) is 25.3. The fraction of sp³-hybridized carbons (Fsp3) is 0.458. The number of rotatable bonds is 11. The van der Waals surface area contributed by atoms with Crippen LogP contribution in [0.5, 0.6) is 5.75 Å². The van der Waals surface area contributed by atoms with Gasteiger partial charge in [0.05, 0.1) is 12.7 Å². The molecule has 0 bridgehead atoms. The summed E-state index contributed by atoms with van der Waals surface area (Å²) < 4.78 is 23.8. The Morgan fingerprint density at radius 1 is 1.34 bits per heavy atom. The topological polar surface area (TPSA) is 161 Å². The third-order valence-electron chi connectivity index (χ3n) is 5.55. The van der Waals surface area contributed by atoms with Crippen LogP contribution in [0.25, 0.3) is 0 Å². The minimum atomic E-state index is -3.51. The Balaban J connectivity index is 1.86. The van der Waals surface area contributed by atoms with Crippen molar-refractivity contribution < 1.29 is 33.5 Å². The maximum absolute atomic E-state index is 12.6. The largest absolute Gasteiger partial charge is 0.462 e. The highest BCUT2D eigenvalue weighted by Gasteiger charge is 2.56. The number of terminal acetylenes is 1. The van der Waals surface area contributed by atoms with Crippen LogP contribution in [0.15, 0.2) is 52.2 Å². The summed E-state index contributed by atoms with van der Waals surface area (Å²) in [5.41, 5.74) is -3.92. The van der Waals surface area contributed by atoms with Gasteiger partial charge in [-0.2, -0.15) is 0 Å². The SMILES string of the molecule is C#C[C@@]1(O)[C@H](O)C(COP(=S)(N[C@@H](CC)C(=O)OC(C)C)Oc2ccccc2)O[C@H]1n1ccc(=O)[nH]c1=O. The number of benzene rings is 1. The van der Waals surface area contributed by atoms with Crippen LogP contribution in [-0.4, -0.2) is 62.3 Å². The first kappa shape index (κ1) is 29.7. The van der Waals surface area contributed by atoms with Gasteiger partial charge in [-0.3, -0.25) is 19.1 Å². The number of aromatic nitrogens is 2. The molecule has 0 aliphatic carbocycles. The number of hydrogen-bond acceptors (Lipinski definition) is 10. The number of aliphatic hydroxyl groups is 2. The highest BCUT2D eigenvalue weighted by atomic mass is 32.5. The van der Waals surface area contributed by atoms with Crippen LogP contribution in [0.1, 0.15) is 33.4 Å². The van der Waals surface area contributed by atoms with E-state index in [0.29, 0.717) is 12.2 Å². The lowest BCUT2D eigenvalue weighted by Crippen LogP contribution is -2.48. The van der Waals surface area contributed by atoms with Crippen LogP contribution in [-0.2, 0) is 30.6 Å². The molecular formula is C24H30N3O9PS. The number of H-pyrrole nitrogens is 1. The molecule has 2 heterocycles. The molecular weight excluding hydrogens is 537 g/mol. The lowest BCUT2D eigenvalue weighted by molar-refractivity contribution is -0.149. The standard InChI is InChI=1S/C24H30N3O9PS/c1-5-17(21(30)34-15(3)4)26-37(38,36-16-10-8-7-9-11-16)33-14-18-20(29)24(32,6-2)22(35-18)27-13-12-19(28)25-23(27)31/h2,7-13,15,17-18,20,22,29,32H,5,14H2,1,3-4H3,(H,26,38)(H,25,28,31)/t17-,18?,20+,22+,24+,37?/m0/s1. The van der Waals surface area contributed by atoms with Gasteiger partial charge in [0.25, 0.3) is 5.56 Å². The minimum Gasteiger partial charge on any atom is -0.462 e. The van der Waals surface area contributed by atoms with Gasteiger partial charge in [-0.15, -0.1) is 6.42 Å². The van der Waals surface area contributed by atoms with Gasteiger partial charge in [0.15, 0.2) is 11.8 Å². The van der Waals surface area contributed by atoms with Gasteiger partial charge in [-0.05, 0) is 44.2 Å². The van der Waals surface area contributed by atoms with E-state index in [0.717, 1.165) is 16.8 Å². The molecule has 1 aliphatic rings. The second-order valence-corrected chi connectivity index (χ2v) is 11.9. The summed E-state index contributed by atoms with van der Waals surface area (Å²) in [6, 6.07) is 8.70. The Morgan fingerprint density at radius 3 is 2.61 bits per heavy atom. The van der Waals surface area contributed by atoms with Crippen LogP contribution in [0, 0.1) is 12.3 Å². The molecule has 0 radical (unpaired) electrons. The van der Waals surface area contributed by atoms with Crippen molar-refractivity contribution in [1.29, 1.82) is 0 Å². The molecule has 3 rings (SSSR count). The second kappa shape index (κ2) is 12.4. The zero-order chi connectivity index (χ0) is 28.1. The molecule has 12 nitrogen and oxygen atoms in total. The monoisotopic (exact) mass is 567 g/mol. The molecule has 1 aromatic heterocycles. The first-order chi connectivity index (χ1) is 17.9. The maximum atomic E-state index is 12.6. The van der Waals surface area contributed by atoms with Crippen molar-refractivity contribution in [1.82, 2.24) is 14.6 Å². The lowest BCUT2D eigenvalue weighted by atomic mass is 9.95. The fourth-order valence-electron chi connectivity index (χ4n) is 3.65. The Labute approximate surface area is 224 Å². The van der Waals surface area contributed by atoms with Crippen molar-refractivity contribution in [3.8, 4) is 18.1 Å². The molecule has 1 saturated heterocycles. The summed E-state index contributed by atoms with van der Waals surface area (Å²) in [4.78, 5) is 38.4. The number of aromatic amines is 1. The number of ether oxygens (including phenoxy) is 2. The first-order valence-electron chi connectivity index (χ1n) is 11.7. The van der Waals surface area contributed by atoms with E-state index in [1.807, 2.05) is 4.98 Å². The molecule has 4 N–H and O–H groups in total. The highest BCUT2D eigenvalue weighted by Crippen LogP contribution is 2.47. The molecule has 0 amide bonds. The average Bonchev–Trinajstić information content (AvgIpc) is 3.12. The van der Waals surface area contributed by atoms with E-state index in [1.165, 1.54) is 0 Å². The summed E-state index contributed by atoms with van der Waals surface area (Å²) in [7, 11) is 0. The Morgan fingerprint density at radius 2 is 2.03 bits per heavy atom. The van der Waals surface area contributed by atoms with Crippen LogP contribution in [0.3, 0.4) is 0 Å². The Bertz CT molecular complexity index is 1330. The highest BCUT2D eigenvalue weighted by molar-refractivity contribution is 8.09. The van der Waals surface area contributed by atoms with Gasteiger partial charge in [0, 0.05) is 12.3 Å². The molecule has 1 fully saturated rings. The van der Waals surface area contributed by atoms with Gasteiger partial charge in [0.1, 0.15) is 24.0 Å². The fourth-order valence-corrected chi connectivity index (χ4v) is 6.06. The molecule has 1 aliphatic heterocycles. The average molecular weight is 568 g/mol. The Hall–Kier alpha value is -2.82. The maximum Gasteiger partial charge on any atom is 0.330 e. The van der Waals surface area contributed by atoms with E-state index in [-0.39, 0.29) is 6.10 Å². The van der Waals surface area contributed by atoms with E-state index in [2.05, 4.69) is 11.0 Å². The number of nitrogens with zero attached hydrogens (tertiary/aromatic N) is 1. The van der Waals surface area contributed by atoms with Crippen molar-refractivity contribution in [2.45, 2.75) is 63.4 Å². The number of carbonyl (C=O) groups is 1. The first-order valence-corrected chi connectivity index (χ1v) is 14.4. The molecule has 1 aromatic carbocycles. The van der Waals surface area contributed by atoms with Gasteiger partial charge in [-0.25, -0.2) is 9.88 Å². The predicted octanol–water partition coefficient (Wildman–Crippen LogP) is 0.799. The van der Waals surface area contributed by atoms with E-state index < -0.39 is 60.5 Å². The van der Waals surface area contributed by atoms with Crippen LogP contribution < -0.4 is 20.9 Å². The predicted molar refractivity (Wildman–Crippen MR) is 141 cm³/mol. The number of hydrogen-bond donors (Lipinski definition) is 4. The van der Waals surface area contributed by atoms with Crippen molar-refractivity contribution in [3.63, 3.8) is 0 Å². The summed E-state index contributed by atoms with van der Waals surface area (Å²) in [5.74, 6) is 1.88. The number of para-hydroxylation sites is 1. The molecule has 14 heteroatoms. The molecule has 0 spiro atoms. The molecule has 206 valence electrons. The van der Waals surface area contributed by atoms with Crippen molar-refractivity contribution in [3.05, 3.63) is 63.4 Å². The second-order valence-electron chi connectivity index (χ2n) is 8.73. The number of carbonyl (C=O) groups excluding carboxylic acids is 1. The molecule has 38 heavy (non-hydrogen) atoms. The van der Waals surface area contributed by atoms with Crippen LogP contribution in [0.4, 0.5) is 0 Å². The molecule has 2 aromatic rings. The Kier molecular flexibility index (Phi) is 9.67. The minimum absolute atomic E-state index is 0.308. The number of aliphatic hydroxyl groups excluding tert-OH is 1. The van der Waals surface area contributed by atoms with E-state index in [9.17, 15) is 24.6 Å². The van der Waals surface area contributed by atoms with Crippen molar-refractivity contribution in [2.24, 2.45) is 0 Å². The lowest BCUT2D eigenvalue weighted by Gasteiger charge is -2.29. The van der Waals surface area contributed by atoms with Crippen molar-refractivity contribution >= 4 is 24.4 Å². The van der Waals surface area contributed by atoms with Gasteiger partial charge in [0.2, 0.25) is 0 Å². The summed E-state index contributed by atoms with van der Waals surface area (Å²) >= 11 is 5.69. The van der Waals surface area contributed by atoms with Crippen molar-refractivity contribution in [2.75, 3.05) is 6.61 Å². The van der Waals surface area contributed by atoms with Crippen LogP contribution >= 0.6 is 6.64 Å². The smallest absolute Gasteiger partial charge is 0.330 e. The summed E-state index contributed by atoms with van der Waals surface area (Å²) in [6.07, 6.45) is 1.99. The third-order valence-corrected chi connectivity index (χ3v) is 7.98. The summed E-state index contributed by atoms with van der Waals surface area (Å²) in [6.45, 7) is 1.24. The van der Waals surface area contributed by atoms with E-state index in [1.54, 1.807) is 51.1 Å². The molecule has 6 atom stereocenters. The molecule has 2 unspecified atom stereocenters. The van der Waals surface area contributed by atoms with Gasteiger partial charge >= 0.3 is 18.3 Å². The zero-order valence-corrected chi connectivity index (χ0v) is 22.7. The van der Waals surface area contributed by atoms with E-state index in [4.69, 9.17) is 36.8 Å². The third kappa shape index (κ3) is 6.78. The van der Waals surface area contributed by atoms with Gasteiger partial charge in [-0.1, -0.05) is 31.0 Å². The molecule has 0 saturated carbocycles.